The Hall–Kier alpha value is -1.30. The summed E-state index contributed by atoms with van der Waals surface area (Å²) in [6, 6.07) is 0. The quantitative estimate of drug-likeness (QED) is 0.576. The second-order valence-electron chi connectivity index (χ2n) is 1.92. The van der Waals surface area contributed by atoms with Crippen molar-refractivity contribution in [3.8, 4) is 0 Å². The maximum Gasteiger partial charge on any atom is 0 e. The van der Waals surface area contributed by atoms with Crippen molar-refractivity contribution in [3.05, 3.63) is 12.2 Å². The van der Waals surface area contributed by atoms with Crippen LogP contribution >= 0.6 is 0 Å². The minimum atomic E-state index is 0. The van der Waals surface area contributed by atoms with Crippen LogP contribution in [0, 0.1) is 6.08 Å². The average molecular weight is 358 g/mol. The van der Waals surface area contributed by atoms with E-state index in [4.69, 9.17) is 0 Å². The second-order valence-corrected chi connectivity index (χ2v) is 1.92. The fourth-order valence-electron chi connectivity index (χ4n) is 0.669. The summed E-state index contributed by atoms with van der Waals surface area (Å²) in [6.07, 6.45) is 6.34. The van der Waals surface area contributed by atoms with Crippen molar-refractivity contribution in [3.63, 3.8) is 0 Å². The van der Waals surface area contributed by atoms with Gasteiger partial charge in [-0.15, -0.1) is 0 Å². The third kappa shape index (κ3) is 1.43. The standard InChI is InChI=1S/C6H10N.Lr/c1-7-5-3-2-4-6-7;/h3H,4-6H2,1H3;/q-1;. The molecule has 0 aromatic rings. The first-order chi connectivity index (χ1) is 3.39. The van der Waals surface area contributed by atoms with Crippen LogP contribution in [0.3, 0.4) is 0 Å². The van der Waals surface area contributed by atoms with E-state index in [1.165, 1.54) is 6.54 Å². The van der Waals surface area contributed by atoms with Gasteiger partial charge in [-0.3, -0.25) is 6.08 Å². The molecule has 0 aromatic heterocycles. The monoisotopic (exact) mass is 358 g/mol. The topological polar surface area (TPSA) is 3.24 Å². The Bertz CT molecular complexity index is 80.6. The molecule has 1 radical (unpaired) electrons. The van der Waals surface area contributed by atoms with Gasteiger partial charge in [0.25, 0.3) is 0 Å². The van der Waals surface area contributed by atoms with Crippen molar-refractivity contribution < 1.29 is 0 Å². The van der Waals surface area contributed by atoms with Gasteiger partial charge in [0.15, 0.2) is 0 Å². The van der Waals surface area contributed by atoms with Gasteiger partial charge in [0.05, 0.1) is 0 Å². The summed E-state index contributed by atoms with van der Waals surface area (Å²) in [4.78, 5) is 2.27. The van der Waals surface area contributed by atoms with Crippen molar-refractivity contribution in [1.82, 2.24) is 4.90 Å². The van der Waals surface area contributed by atoms with Crippen molar-refractivity contribution in [2.75, 3.05) is 20.1 Å². The van der Waals surface area contributed by atoms with Crippen LogP contribution < -0.4 is 0 Å². The van der Waals surface area contributed by atoms with E-state index in [9.17, 15) is 0 Å². The van der Waals surface area contributed by atoms with Crippen molar-refractivity contribution >= 4 is 0 Å². The molecular formula is C6H10LrN-. The van der Waals surface area contributed by atoms with Crippen LogP contribution in [0.1, 0.15) is 6.42 Å². The normalized spacial score (nSPS) is 20.1. The van der Waals surface area contributed by atoms with Crippen molar-refractivity contribution in [2.45, 2.75) is 6.42 Å². The smallest absolute Gasteiger partial charge is 0 e. The van der Waals surface area contributed by atoms with E-state index in [-0.39, 0.29) is 0 Å². The number of rotatable bonds is 0. The van der Waals surface area contributed by atoms with E-state index < -0.39 is 0 Å². The molecular weight excluding hydrogens is 348 g/mol. The van der Waals surface area contributed by atoms with E-state index in [2.05, 4.69) is 24.1 Å². The zero-order valence-corrected chi connectivity index (χ0v) is 7.05. The van der Waals surface area contributed by atoms with E-state index in [1.807, 2.05) is 0 Å². The molecule has 55 valence electrons. The number of hydrogen-bond acceptors (Lipinski definition) is 1. The molecule has 1 heterocycles. The SMILES string of the molecule is CN1CC=[C-]CC1.[Lr]. The fraction of sp³-hybridized carbons (Fsp3) is 0.667. The third-order valence-corrected chi connectivity index (χ3v) is 1.19. The first kappa shape index (κ1) is 6.70. The van der Waals surface area contributed by atoms with Crippen molar-refractivity contribution in [1.29, 1.82) is 0 Å². The molecule has 0 N–H and O–H groups in total. The molecule has 0 aliphatic carbocycles. The van der Waals surface area contributed by atoms with E-state index >= 15 is 0 Å². The Morgan fingerprint density at radius 2 is 2.38 bits per heavy atom. The van der Waals surface area contributed by atoms with Crippen LogP contribution in [0.5, 0.6) is 0 Å². The molecule has 8 heavy (non-hydrogen) atoms. The van der Waals surface area contributed by atoms with Gasteiger partial charge in [-0.05, 0) is 20.1 Å². The van der Waals surface area contributed by atoms with Crippen LogP contribution in [0.4, 0.5) is 0 Å². The Morgan fingerprint density at radius 1 is 1.62 bits per heavy atom. The first-order valence-corrected chi connectivity index (χ1v) is 2.63. The third-order valence-electron chi connectivity index (χ3n) is 1.19. The summed E-state index contributed by atoms with van der Waals surface area (Å²) in [6.45, 7) is 2.26. The predicted molar refractivity (Wildman–Crippen MR) is 29.9 cm³/mol. The Kier molecular flexibility index (Phi) is 2.35. The molecule has 0 saturated carbocycles. The average Bonchev–Trinajstić information content (AvgIpc) is 1.69. The van der Waals surface area contributed by atoms with Crippen LogP contribution in [0.25, 0.3) is 0 Å². The van der Waals surface area contributed by atoms with Gasteiger partial charge in [-0.1, -0.05) is 0 Å². The molecule has 1 aliphatic rings. The number of likely N-dealkylation sites (N-methyl/N-ethyl adjacent to an activating group) is 1. The number of nitrogens with zero attached hydrogens (tertiary/aromatic N) is 1. The molecule has 0 saturated heterocycles. The molecule has 2 heteroatoms. The van der Waals surface area contributed by atoms with Gasteiger partial charge >= 0.3 is 0 Å². The molecule has 1 nitrogen and oxygen atoms in total. The Labute approximate surface area is 44.6 Å². The maximum atomic E-state index is 3.15. The minimum Gasteiger partial charge on any atom is -0.498 e. The summed E-state index contributed by atoms with van der Waals surface area (Å²) < 4.78 is 0. The molecule has 0 fully saturated rings. The van der Waals surface area contributed by atoms with E-state index in [0.29, 0.717) is 0 Å². The van der Waals surface area contributed by atoms with Crippen LogP contribution in [-0.2, 0) is 0 Å². The maximum absolute atomic E-state index is 3.15. The molecule has 0 amide bonds. The van der Waals surface area contributed by atoms with Gasteiger partial charge < -0.3 is 11.0 Å². The first-order valence-electron chi connectivity index (χ1n) is 2.63. The molecule has 0 unspecified atom stereocenters. The van der Waals surface area contributed by atoms with Gasteiger partial charge in [-0.2, -0.15) is 6.42 Å². The Balaban J connectivity index is 0.000000490. The van der Waals surface area contributed by atoms with Crippen molar-refractivity contribution in [2.24, 2.45) is 0 Å². The van der Waals surface area contributed by atoms with Gasteiger partial charge in [0, 0.05) is 0 Å². The largest absolute Gasteiger partial charge is 0.498 e. The second kappa shape index (κ2) is 2.80. The summed E-state index contributed by atoms with van der Waals surface area (Å²) in [5.74, 6) is 0. The van der Waals surface area contributed by atoms with E-state index in [1.54, 1.807) is 0 Å². The van der Waals surface area contributed by atoms with Crippen LogP contribution in [-0.4, -0.2) is 25.0 Å². The minimum absolute atomic E-state index is 0. The zero-order valence-electron chi connectivity index (χ0n) is 4.90. The van der Waals surface area contributed by atoms with Gasteiger partial charge in [0.2, 0.25) is 0 Å². The number of hydrogen-bond donors (Lipinski definition) is 0. The summed E-state index contributed by atoms with van der Waals surface area (Å²) in [7, 11) is 2.12. The summed E-state index contributed by atoms with van der Waals surface area (Å²) in [5.41, 5.74) is 0. The predicted octanol–water partition coefficient (Wildman–Crippen LogP) is 0.681. The molecule has 0 spiro atoms. The summed E-state index contributed by atoms with van der Waals surface area (Å²) >= 11 is 0. The molecule has 0 atom stereocenters. The summed E-state index contributed by atoms with van der Waals surface area (Å²) in [5, 5.41) is 0. The van der Waals surface area contributed by atoms with Crippen LogP contribution in [0.15, 0.2) is 6.08 Å². The van der Waals surface area contributed by atoms with Crippen LogP contribution in [0.2, 0.25) is 0 Å². The van der Waals surface area contributed by atoms with E-state index in [0.717, 1.165) is 13.0 Å². The molecule has 1 aliphatic heterocycles. The molecule has 1 rings (SSSR count). The molecule has 0 aromatic carbocycles. The Morgan fingerprint density at radius 3 is 2.62 bits per heavy atom. The fourth-order valence-corrected chi connectivity index (χ4v) is 0.669. The zero-order chi connectivity index (χ0) is 5.11. The molecule has 0 bridgehead atoms. The van der Waals surface area contributed by atoms with Gasteiger partial charge in [-0.25, -0.2) is 0 Å². The van der Waals surface area contributed by atoms with Gasteiger partial charge in [0.1, 0.15) is 0 Å².